The number of hydrogen-bond acceptors (Lipinski definition) is 4. The smallest absolute Gasteiger partial charge is 0.327 e. The molecular weight excluding hydrogens is 288 g/mol. The Balaban J connectivity index is 1.84. The lowest BCUT2D eigenvalue weighted by Gasteiger charge is -2.30. The molecule has 1 aliphatic heterocycles. The topological polar surface area (TPSA) is 83.6 Å². The van der Waals surface area contributed by atoms with Crippen LogP contribution in [0.4, 0.5) is 0 Å². The number of rotatable bonds is 4. The molecule has 0 aromatic heterocycles. The lowest BCUT2D eigenvalue weighted by atomic mass is 10.1. The summed E-state index contributed by atoms with van der Waals surface area (Å²) in [5.74, 6) is -0.356. The maximum atomic E-state index is 12.7. The average Bonchev–Trinajstić information content (AvgIpc) is 3.24. The second-order valence-electron chi connectivity index (χ2n) is 5.55. The molecule has 3 atom stereocenters. The number of amides is 1. The fourth-order valence-electron chi connectivity index (χ4n) is 2.71. The van der Waals surface area contributed by atoms with Crippen molar-refractivity contribution in [3.63, 3.8) is 0 Å². The average molecular weight is 306 g/mol. The van der Waals surface area contributed by atoms with Crippen molar-refractivity contribution in [3.8, 4) is 0 Å². The largest absolute Gasteiger partial charge is 0.480 e. The standard InChI is InChI=1S/C15H18N2O3S/c16-12(9-4-2-1-3-5-9)13(18)17-11(15(19)20)8-21-14(17)10-6-7-10/h1-5,10-12,14H,6-8,16H2,(H,19,20)/t11?,12-,14?/m0/s1. The van der Waals surface area contributed by atoms with Crippen molar-refractivity contribution in [2.75, 3.05) is 5.75 Å². The molecule has 1 amide bonds. The van der Waals surface area contributed by atoms with E-state index in [0.717, 1.165) is 18.4 Å². The van der Waals surface area contributed by atoms with Crippen molar-refractivity contribution in [2.24, 2.45) is 11.7 Å². The zero-order valence-corrected chi connectivity index (χ0v) is 12.3. The highest BCUT2D eigenvalue weighted by Crippen LogP contribution is 2.46. The summed E-state index contributed by atoms with van der Waals surface area (Å²) in [6, 6.07) is 7.56. The Bertz CT molecular complexity index is 547. The van der Waals surface area contributed by atoms with Crippen molar-refractivity contribution < 1.29 is 14.7 Å². The summed E-state index contributed by atoms with van der Waals surface area (Å²) < 4.78 is 0. The van der Waals surface area contributed by atoms with E-state index in [1.54, 1.807) is 23.9 Å². The molecule has 1 aliphatic carbocycles. The molecule has 1 aromatic carbocycles. The molecule has 1 heterocycles. The van der Waals surface area contributed by atoms with Gasteiger partial charge in [-0.15, -0.1) is 11.8 Å². The van der Waals surface area contributed by atoms with Crippen LogP contribution < -0.4 is 5.73 Å². The Kier molecular flexibility index (Phi) is 3.91. The molecule has 5 nitrogen and oxygen atoms in total. The number of benzene rings is 1. The number of carbonyl (C=O) groups is 2. The van der Waals surface area contributed by atoms with E-state index in [0.29, 0.717) is 11.7 Å². The second kappa shape index (κ2) is 5.69. The van der Waals surface area contributed by atoms with Gasteiger partial charge in [0.05, 0.1) is 5.37 Å². The lowest BCUT2D eigenvalue weighted by molar-refractivity contribution is -0.150. The minimum Gasteiger partial charge on any atom is -0.480 e. The van der Waals surface area contributed by atoms with Gasteiger partial charge in [-0.1, -0.05) is 30.3 Å². The van der Waals surface area contributed by atoms with Crippen molar-refractivity contribution in [1.82, 2.24) is 4.90 Å². The highest BCUT2D eigenvalue weighted by Gasteiger charge is 2.48. The summed E-state index contributed by atoms with van der Waals surface area (Å²) in [6.45, 7) is 0. The van der Waals surface area contributed by atoms with Crippen LogP contribution in [0.3, 0.4) is 0 Å². The van der Waals surface area contributed by atoms with Crippen LogP contribution in [-0.2, 0) is 9.59 Å². The van der Waals surface area contributed by atoms with Gasteiger partial charge < -0.3 is 15.7 Å². The van der Waals surface area contributed by atoms with Gasteiger partial charge in [0.1, 0.15) is 12.1 Å². The van der Waals surface area contributed by atoms with E-state index in [9.17, 15) is 14.7 Å². The number of thioether (sulfide) groups is 1. The number of nitrogens with two attached hydrogens (primary N) is 1. The Hall–Kier alpha value is -1.53. The van der Waals surface area contributed by atoms with E-state index < -0.39 is 18.1 Å². The first-order valence-corrected chi connectivity index (χ1v) is 8.11. The highest BCUT2D eigenvalue weighted by atomic mass is 32.2. The van der Waals surface area contributed by atoms with Crippen LogP contribution in [0.2, 0.25) is 0 Å². The van der Waals surface area contributed by atoms with Gasteiger partial charge in [-0.25, -0.2) is 4.79 Å². The van der Waals surface area contributed by atoms with Gasteiger partial charge in [-0.2, -0.15) is 0 Å². The van der Waals surface area contributed by atoms with Gasteiger partial charge in [0.2, 0.25) is 5.91 Å². The number of nitrogens with zero attached hydrogens (tertiary/aromatic N) is 1. The van der Waals surface area contributed by atoms with Crippen LogP contribution in [0, 0.1) is 5.92 Å². The molecule has 1 aromatic rings. The van der Waals surface area contributed by atoms with Crippen LogP contribution in [0.1, 0.15) is 24.4 Å². The fourth-order valence-corrected chi connectivity index (χ4v) is 4.34. The van der Waals surface area contributed by atoms with Gasteiger partial charge in [0.15, 0.2) is 0 Å². The van der Waals surface area contributed by atoms with Crippen molar-refractivity contribution in [3.05, 3.63) is 35.9 Å². The van der Waals surface area contributed by atoms with Gasteiger partial charge >= 0.3 is 5.97 Å². The molecule has 3 N–H and O–H groups in total. The predicted molar refractivity (Wildman–Crippen MR) is 80.6 cm³/mol. The maximum absolute atomic E-state index is 12.7. The predicted octanol–water partition coefficient (Wildman–Crippen LogP) is 1.45. The minimum absolute atomic E-state index is 0.0339. The van der Waals surface area contributed by atoms with E-state index in [1.807, 2.05) is 18.2 Å². The molecule has 21 heavy (non-hydrogen) atoms. The summed E-state index contributed by atoms with van der Waals surface area (Å²) in [5, 5.41) is 9.32. The van der Waals surface area contributed by atoms with Crippen LogP contribution in [0.25, 0.3) is 0 Å². The first-order valence-electron chi connectivity index (χ1n) is 7.06. The van der Waals surface area contributed by atoms with E-state index in [-0.39, 0.29) is 11.3 Å². The number of hydrogen-bond donors (Lipinski definition) is 2. The third-order valence-electron chi connectivity index (χ3n) is 4.02. The molecule has 0 spiro atoms. The monoisotopic (exact) mass is 306 g/mol. The molecule has 6 heteroatoms. The van der Waals surface area contributed by atoms with Gasteiger partial charge in [-0.05, 0) is 24.3 Å². The summed E-state index contributed by atoms with van der Waals surface area (Å²) in [6.07, 6.45) is 2.13. The Labute approximate surface area is 127 Å². The van der Waals surface area contributed by atoms with Crippen LogP contribution >= 0.6 is 11.8 Å². The van der Waals surface area contributed by atoms with E-state index >= 15 is 0 Å². The van der Waals surface area contributed by atoms with Crippen molar-refractivity contribution >= 4 is 23.6 Å². The third kappa shape index (κ3) is 2.78. The molecule has 3 rings (SSSR count). The SMILES string of the molecule is N[C@H](C(=O)N1C(C(=O)O)CSC1C1CC1)c1ccccc1. The summed E-state index contributed by atoms with van der Waals surface area (Å²) in [5.41, 5.74) is 6.79. The molecule has 0 radical (unpaired) electrons. The maximum Gasteiger partial charge on any atom is 0.327 e. The minimum atomic E-state index is -0.945. The Morgan fingerprint density at radius 1 is 1.29 bits per heavy atom. The first-order chi connectivity index (χ1) is 10.1. The summed E-state index contributed by atoms with van der Waals surface area (Å²) in [4.78, 5) is 25.7. The molecule has 2 unspecified atom stereocenters. The zero-order valence-electron chi connectivity index (χ0n) is 11.5. The third-order valence-corrected chi connectivity index (χ3v) is 5.49. The number of aliphatic carboxylic acids is 1. The number of carbonyl (C=O) groups excluding carboxylic acids is 1. The first kappa shape index (κ1) is 14.4. The molecule has 112 valence electrons. The summed E-state index contributed by atoms with van der Waals surface area (Å²) >= 11 is 1.57. The number of carboxylic acids is 1. The van der Waals surface area contributed by atoms with Gasteiger partial charge in [-0.3, -0.25) is 4.79 Å². The molecular formula is C15H18N2O3S. The van der Waals surface area contributed by atoms with Crippen molar-refractivity contribution in [2.45, 2.75) is 30.3 Å². The quantitative estimate of drug-likeness (QED) is 0.879. The van der Waals surface area contributed by atoms with Gasteiger partial charge in [0.25, 0.3) is 0 Å². The van der Waals surface area contributed by atoms with Crippen molar-refractivity contribution in [1.29, 1.82) is 0 Å². The number of carboxylic acid groups (broad SMARTS) is 1. The summed E-state index contributed by atoms with van der Waals surface area (Å²) in [7, 11) is 0. The highest BCUT2D eigenvalue weighted by molar-refractivity contribution is 8.00. The fraction of sp³-hybridized carbons (Fsp3) is 0.467. The zero-order chi connectivity index (χ0) is 15.0. The van der Waals surface area contributed by atoms with E-state index in [1.165, 1.54) is 4.90 Å². The van der Waals surface area contributed by atoms with Crippen LogP contribution in [0.15, 0.2) is 30.3 Å². The molecule has 1 saturated carbocycles. The normalized spacial score (nSPS) is 26.6. The Morgan fingerprint density at radius 2 is 1.95 bits per heavy atom. The molecule has 2 aliphatic rings. The van der Waals surface area contributed by atoms with Gasteiger partial charge in [0, 0.05) is 5.75 Å². The van der Waals surface area contributed by atoms with E-state index in [4.69, 9.17) is 5.73 Å². The molecule has 2 fully saturated rings. The second-order valence-corrected chi connectivity index (χ2v) is 6.70. The molecule has 0 bridgehead atoms. The van der Waals surface area contributed by atoms with E-state index in [2.05, 4.69) is 0 Å². The molecule has 1 saturated heterocycles. The lowest BCUT2D eigenvalue weighted by Crippen LogP contribution is -2.49. The Morgan fingerprint density at radius 3 is 2.52 bits per heavy atom. The van der Waals surface area contributed by atoms with Crippen LogP contribution in [-0.4, -0.2) is 39.1 Å². The van der Waals surface area contributed by atoms with Crippen LogP contribution in [0.5, 0.6) is 0 Å².